The first-order valence-electron chi connectivity index (χ1n) is 6.29. The third-order valence-corrected chi connectivity index (χ3v) is 4.07. The maximum atomic E-state index is 6.07. The summed E-state index contributed by atoms with van der Waals surface area (Å²) in [7, 11) is 0. The lowest BCUT2D eigenvalue weighted by atomic mass is 9.74. The van der Waals surface area contributed by atoms with E-state index in [9.17, 15) is 0 Å². The van der Waals surface area contributed by atoms with Gasteiger partial charge in [0.1, 0.15) is 0 Å². The second kappa shape index (κ2) is 5.69. The summed E-state index contributed by atoms with van der Waals surface area (Å²) >= 11 is 6.07. The predicted octanol–water partition coefficient (Wildman–Crippen LogP) is 3.06. The molecular weight excluding hydrogens is 234 g/mol. The molecule has 1 aromatic rings. The topological polar surface area (TPSA) is 50.9 Å². The van der Waals surface area contributed by atoms with E-state index >= 15 is 0 Å². The molecule has 0 atom stereocenters. The molecule has 0 saturated heterocycles. The molecule has 1 aliphatic carbocycles. The van der Waals surface area contributed by atoms with Crippen molar-refractivity contribution in [3.8, 4) is 0 Å². The van der Waals surface area contributed by atoms with Gasteiger partial charge in [-0.3, -0.25) is 4.98 Å². The summed E-state index contributed by atoms with van der Waals surface area (Å²) in [5.41, 5.74) is 7.17. The highest BCUT2D eigenvalue weighted by molar-refractivity contribution is 6.33. The molecule has 3 N–H and O–H groups in total. The zero-order valence-electron chi connectivity index (χ0n) is 10.1. The highest BCUT2D eigenvalue weighted by Gasteiger charge is 2.30. The van der Waals surface area contributed by atoms with Crippen molar-refractivity contribution in [1.82, 2.24) is 4.98 Å². The molecule has 0 aliphatic heterocycles. The van der Waals surface area contributed by atoms with Crippen molar-refractivity contribution in [2.24, 2.45) is 11.1 Å². The second-order valence-electron chi connectivity index (χ2n) is 4.97. The Balaban J connectivity index is 1.98. The minimum atomic E-state index is 0.255. The molecule has 1 aromatic heterocycles. The van der Waals surface area contributed by atoms with Gasteiger partial charge in [-0.15, -0.1) is 0 Å². The Morgan fingerprint density at radius 3 is 2.76 bits per heavy atom. The average Bonchev–Trinajstić information content (AvgIpc) is 2.39. The van der Waals surface area contributed by atoms with Gasteiger partial charge in [-0.05, 0) is 30.9 Å². The van der Waals surface area contributed by atoms with Crippen LogP contribution in [0.5, 0.6) is 0 Å². The van der Waals surface area contributed by atoms with Crippen LogP contribution in [-0.2, 0) is 0 Å². The summed E-state index contributed by atoms with van der Waals surface area (Å²) < 4.78 is 0. The van der Waals surface area contributed by atoms with Gasteiger partial charge in [0.05, 0.1) is 10.7 Å². The molecule has 17 heavy (non-hydrogen) atoms. The molecular formula is C13H20ClN3. The summed E-state index contributed by atoms with van der Waals surface area (Å²) in [4.78, 5) is 3.98. The smallest absolute Gasteiger partial charge is 0.0820 e. The van der Waals surface area contributed by atoms with E-state index in [1.54, 1.807) is 12.4 Å². The standard InChI is InChI=1S/C13H20ClN3/c14-11-8-16-7-4-12(11)17-10-13(9-15)5-2-1-3-6-13/h4,7-8H,1-3,5-6,9-10,15H2,(H,16,17). The highest BCUT2D eigenvalue weighted by Crippen LogP contribution is 2.35. The number of nitrogens with one attached hydrogen (secondary N) is 1. The van der Waals surface area contributed by atoms with E-state index in [4.69, 9.17) is 17.3 Å². The molecule has 2 rings (SSSR count). The number of halogens is 1. The first kappa shape index (κ1) is 12.7. The zero-order valence-corrected chi connectivity index (χ0v) is 10.8. The number of nitrogens with zero attached hydrogens (tertiary/aromatic N) is 1. The number of hydrogen-bond donors (Lipinski definition) is 2. The van der Waals surface area contributed by atoms with E-state index < -0.39 is 0 Å². The Morgan fingerprint density at radius 1 is 1.35 bits per heavy atom. The monoisotopic (exact) mass is 253 g/mol. The highest BCUT2D eigenvalue weighted by atomic mass is 35.5. The summed E-state index contributed by atoms with van der Waals surface area (Å²) in [6, 6.07) is 1.91. The average molecular weight is 254 g/mol. The number of hydrogen-bond acceptors (Lipinski definition) is 3. The fourth-order valence-electron chi connectivity index (χ4n) is 2.56. The first-order valence-corrected chi connectivity index (χ1v) is 6.67. The van der Waals surface area contributed by atoms with Gasteiger partial charge in [0.2, 0.25) is 0 Å². The molecule has 0 aromatic carbocycles. The number of aromatic nitrogens is 1. The number of rotatable bonds is 4. The molecule has 0 unspecified atom stereocenters. The van der Waals surface area contributed by atoms with E-state index in [1.807, 2.05) is 6.07 Å². The van der Waals surface area contributed by atoms with E-state index in [-0.39, 0.29) is 5.41 Å². The lowest BCUT2D eigenvalue weighted by molar-refractivity contribution is 0.215. The second-order valence-corrected chi connectivity index (χ2v) is 5.38. The van der Waals surface area contributed by atoms with Gasteiger partial charge >= 0.3 is 0 Å². The van der Waals surface area contributed by atoms with Crippen LogP contribution in [0.15, 0.2) is 18.5 Å². The van der Waals surface area contributed by atoms with Crippen LogP contribution < -0.4 is 11.1 Å². The maximum Gasteiger partial charge on any atom is 0.0820 e. The third kappa shape index (κ3) is 3.11. The molecule has 1 saturated carbocycles. The molecule has 0 bridgehead atoms. The van der Waals surface area contributed by atoms with E-state index in [1.165, 1.54) is 32.1 Å². The summed E-state index contributed by atoms with van der Waals surface area (Å²) in [6.45, 7) is 1.66. The Bertz CT molecular complexity index is 361. The van der Waals surface area contributed by atoms with Crippen LogP contribution >= 0.6 is 11.6 Å². The van der Waals surface area contributed by atoms with Gasteiger partial charge in [-0.25, -0.2) is 0 Å². The molecule has 1 fully saturated rings. The van der Waals surface area contributed by atoms with Gasteiger partial charge in [0.25, 0.3) is 0 Å². The van der Waals surface area contributed by atoms with E-state index in [0.29, 0.717) is 5.02 Å². The van der Waals surface area contributed by atoms with Gasteiger partial charge in [-0.2, -0.15) is 0 Å². The van der Waals surface area contributed by atoms with Crippen molar-refractivity contribution in [2.45, 2.75) is 32.1 Å². The van der Waals surface area contributed by atoms with Crippen molar-refractivity contribution >= 4 is 17.3 Å². The Hall–Kier alpha value is -0.800. The van der Waals surface area contributed by atoms with Crippen molar-refractivity contribution in [1.29, 1.82) is 0 Å². The van der Waals surface area contributed by atoms with Crippen LogP contribution in [0.4, 0.5) is 5.69 Å². The molecule has 0 amide bonds. The third-order valence-electron chi connectivity index (χ3n) is 3.77. The fraction of sp³-hybridized carbons (Fsp3) is 0.615. The lowest BCUT2D eigenvalue weighted by Crippen LogP contribution is -2.39. The van der Waals surface area contributed by atoms with Gasteiger partial charge in [0.15, 0.2) is 0 Å². The van der Waals surface area contributed by atoms with Gasteiger partial charge < -0.3 is 11.1 Å². The normalized spacial score (nSPS) is 18.9. The molecule has 1 aliphatic rings. The minimum absolute atomic E-state index is 0.255. The molecule has 1 heterocycles. The van der Waals surface area contributed by atoms with Crippen molar-refractivity contribution in [2.75, 3.05) is 18.4 Å². The van der Waals surface area contributed by atoms with Crippen LogP contribution in [0.2, 0.25) is 5.02 Å². The molecule has 3 nitrogen and oxygen atoms in total. The number of anilines is 1. The minimum Gasteiger partial charge on any atom is -0.383 e. The Kier molecular flexibility index (Phi) is 4.24. The molecule has 0 spiro atoms. The van der Waals surface area contributed by atoms with Crippen LogP contribution in [0, 0.1) is 5.41 Å². The maximum absolute atomic E-state index is 6.07. The van der Waals surface area contributed by atoms with Crippen LogP contribution in [-0.4, -0.2) is 18.1 Å². The Labute approximate surface area is 108 Å². The van der Waals surface area contributed by atoms with Gasteiger partial charge in [0, 0.05) is 18.9 Å². The van der Waals surface area contributed by atoms with Crippen LogP contribution in [0.1, 0.15) is 32.1 Å². The molecule has 0 radical (unpaired) electrons. The summed E-state index contributed by atoms with van der Waals surface area (Å²) in [5.74, 6) is 0. The quantitative estimate of drug-likeness (QED) is 0.867. The first-order chi connectivity index (χ1) is 8.26. The number of pyridine rings is 1. The molecule has 94 valence electrons. The predicted molar refractivity (Wildman–Crippen MR) is 72.3 cm³/mol. The van der Waals surface area contributed by atoms with Crippen LogP contribution in [0.25, 0.3) is 0 Å². The Morgan fingerprint density at radius 2 is 2.12 bits per heavy atom. The van der Waals surface area contributed by atoms with Crippen molar-refractivity contribution in [3.05, 3.63) is 23.5 Å². The zero-order chi connectivity index (χ0) is 12.1. The van der Waals surface area contributed by atoms with E-state index in [2.05, 4.69) is 10.3 Å². The SMILES string of the molecule is NCC1(CNc2ccncc2Cl)CCCCC1. The van der Waals surface area contributed by atoms with Gasteiger partial charge in [-0.1, -0.05) is 30.9 Å². The van der Waals surface area contributed by atoms with Crippen molar-refractivity contribution in [3.63, 3.8) is 0 Å². The summed E-state index contributed by atoms with van der Waals surface area (Å²) in [6.07, 6.45) is 9.80. The number of nitrogens with two attached hydrogens (primary N) is 1. The lowest BCUT2D eigenvalue weighted by Gasteiger charge is -2.36. The fourth-order valence-corrected chi connectivity index (χ4v) is 2.74. The largest absolute Gasteiger partial charge is 0.383 e. The van der Waals surface area contributed by atoms with E-state index in [0.717, 1.165) is 18.8 Å². The van der Waals surface area contributed by atoms with Crippen molar-refractivity contribution < 1.29 is 0 Å². The van der Waals surface area contributed by atoms with Crippen LogP contribution in [0.3, 0.4) is 0 Å². The molecule has 4 heteroatoms. The summed E-state index contributed by atoms with van der Waals surface area (Å²) in [5, 5.41) is 4.10.